The number of pyridine rings is 1. The van der Waals surface area contributed by atoms with Crippen LogP contribution in [0.1, 0.15) is 10.5 Å². The highest BCUT2D eigenvalue weighted by Gasteiger charge is 2.32. The minimum atomic E-state index is -1.04. The van der Waals surface area contributed by atoms with Gasteiger partial charge in [0.2, 0.25) is 0 Å². The third-order valence-electron chi connectivity index (χ3n) is 3.60. The zero-order chi connectivity index (χ0) is 14.8. The van der Waals surface area contributed by atoms with Gasteiger partial charge in [-0.25, -0.2) is 0 Å². The van der Waals surface area contributed by atoms with Crippen LogP contribution in [-0.4, -0.2) is 52.6 Å². The van der Waals surface area contributed by atoms with E-state index < -0.39 is 24.2 Å². The van der Waals surface area contributed by atoms with Crippen LogP contribution in [-0.2, 0) is 4.74 Å². The van der Waals surface area contributed by atoms with E-state index >= 15 is 0 Å². The largest absolute Gasteiger partial charge is 0.388 e. The molecule has 6 nitrogen and oxygen atoms in total. The summed E-state index contributed by atoms with van der Waals surface area (Å²) in [5.41, 5.74) is 0.292. The third kappa shape index (κ3) is 2.73. The van der Waals surface area contributed by atoms with E-state index in [9.17, 15) is 15.0 Å². The number of carbonyl (C=O) groups is 1. The molecule has 1 saturated heterocycles. The summed E-state index contributed by atoms with van der Waals surface area (Å²) in [6, 6.07) is 8.62. The standard InChI is InChI=1S/C15H16N2O4/c18-12-8-21-7-11(14(12)19)17-15(20)13-10-4-2-1-3-9(10)5-6-16-13/h1-6,11-12,14,18-19H,7-8H2,(H,17,20)/t11-,12-,14+/m1/s1. The van der Waals surface area contributed by atoms with Crippen LogP contribution in [0.15, 0.2) is 36.5 Å². The van der Waals surface area contributed by atoms with Crippen LogP contribution in [0.4, 0.5) is 0 Å². The molecule has 3 atom stereocenters. The molecule has 0 spiro atoms. The molecule has 1 fully saturated rings. The molecule has 1 amide bonds. The van der Waals surface area contributed by atoms with E-state index in [1.807, 2.05) is 30.3 Å². The van der Waals surface area contributed by atoms with Crippen molar-refractivity contribution in [3.05, 3.63) is 42.2 Å². The summed E-state index contributed by atoms with van der Waals surface area (Å²) in [6.45, 7) is 0.231. The highest BCUT2D eigenvalue weighted by molar-refractivity contribution is 6.05. The van der Waals surface area contributed by atoms with Crippen LogP contribution in [0.2, 0.25) is 0 Å². The van der Waals surface area contributed by atoms with E-state index in [1.54, 1.807) is 6.20 Å². The summed E-state index contributed by atoms with van der Waals surface area (Å²) >= 11 is 0. The summed E-state index contributed by atoms with van der Waals surface area (Å²) in [4.78, 5) is 16.5. The molecule has 1 aliphatic rings. The first-order valence-corrected chi connectivity index (χ1v) is 6.75. The lowest BCUT2D eigenvalue weighted by molar-refractivity contribution is -0.102. The van der Waals surface area contributed by atoms with E-state index in [1.165, 1.54) is 0 Å². The Balaban J connectivity index is 1.84. The quantitative estimate of drug-likeness (QED) is 0.728. The van der Waals surface area contributed by atoms with Gasteiger partial charge in [0.15, 0.2) is 0 Å². The molecule has 0 aliphatic carbocycles. The fourth-order valence-corrected chi connectivity index (χ4v) is 2.45. The number of aliphatic hydroxyl groups excluding tert-OH is 2. The fraction of sp³-hybridized carbons (Fsp3) is 0.333. The molecule has 6 heteroatoms. The van der Waals surface area contributed by atoms with Crippen molar-refractivity contribution in [2.75, 3.05) is 13.2 Å². The molecule has 3 N–H and O–H groups in total. The van der Waals surface area contributed by atoms with Crippen molar-refractivity contribution in [3.63, 3.8) is 0 Å². The van der Waals surface area contributed by atoms with Gasteiger partial charge in [0, 0.05) is 11.6 Å². The maximum atomic E-state index is 12.4. The number of fused-ring (bicyclic) bond motifs is 1. The van der Waals surface area contributed by atoms with Crippen molar-refractivity contribution in [3.8, 4) is 0 Å². The van der Waals surface area contributed by atoms with E-state index in [0.717, 1.165) is 10.8 Å². The first-order chi connectivity index (χ1) is 10.2. The Kier molecular flexibility index (Phi) is 3.83. The van der Waals surface area contributed by atoms with Crippen molar-refractivity contribution in [1.29, 1.82) is 0 Å². The molecule has 21 heavy (non-hydrogen) atoms. The molecule has 0 unspecified atom stereocenters. The maximum absolute atomic E-state index is 12.4. The van der Waals surface area contributed by atoms with E-state index in [-0.39, 0.29) is 13.2 Å². The van der Waals surface area contributed by atoms with E-state index in [0.29, 0.717) is 5.69 Å². The van der Waals surface area contributed by atoms with Gasteiger partial charge in [-0.3, -0.25) is 9.78 Å². The minimum Gasteiger partial charge on any atom is -0.388 e. The van der Waals surface area contributed by atoms with Crippen molar-refractivity contribution in [2.24, 2.45) is 0 Å². The molecule has 110 valence electrons. The second-order valence-corrected chi connectivity index (χ2v) is 5.06. The SMILES string of the molecule is O=C(N[C@@H]1COC[C@@H](O)[C@H]1O)c1nccc2ccccc12. The Bertz CT molecular complexity index is 656. The van der Waals surface area contributed by atoms with Gasteiger partial charge in [-0.2, -0.15) is 0 Å². The van der Waals surface area contributed by atoms with E-state index in [2.05, 4.69) is 10.3 Å². The number of benzene rings is 1. The smallest absolute Gasteiger partial charge is 0.270 e. The third-order valence-corrected chi connectivity index (χ3v) is 3.60. The van der Waals surface area contributed by atoms with Gasteiger partial charge in [0.1, 0.15) is 17.9 Å². The second-order valence-electron chi connectivity index (χ2n) is 5.06. The normalized spacial score (nSPS) is 25.7. The monoisotopic (exact) mass is 288 g/mol. The highest BCUT2D eigenvalue weighted by Crippen LogP contribution is 2.17. The first-order valence-electron chi connectivity index (χ1n) is 6.75. The predicted octanol–water partition coefficient (Wildman–Crippen LogP) is 0.0852. The van der Waals surface area contributed by atoms with Crippen LogP contribution < -0.4 is 5.32 Å². The number of carbonyl (C=O) groups excluding carboxylic acids is 1. The molecule has 1 aliphatic heterocycles. The van der Waals surface area contributed by atoms with Crippen LogP contribution in [0.5, 0.6) is 0 Å². The molecule has 1 aromatic heterocycles. The minimum absolute atomic E-state index is 0.0695. The van der Waals surface area contributed by atoms with Crippen LogP contribution >= 0.6 is 0 Å². The molecule has 1 aromatic carbocycles. The van der Waals surface area contributed by atoms with E-state index in [4.69, 9.17) is 4.74 Å². The van der Waals surface area contributed by atoms with Crippen LogP contribution in [0, 0.1) is 0 Å². The predicted molar refractivity (Wildman–Crippen MR) is 75.8 cm³/mol. The number of ether oxygens (including phenoxy) is 1. The van der Waals surface area contributed by atoms with Crippen LogP contribution in [0.3, 0.4) is 0 Å². The lowest BCUT2D eigenvalue weighted by Crippen LogP contribution is -2.55. The average molecular weight is 288 g/mol. The zero-order valence-corrected chi connectivity index (χ0v) is 11.3. The number of nitrogens with one attached hydrogen (secondary N) is 1. The summed E-state index contributed by atoms with van der Waals surface area (Å²) in [5, 5.41) is 23.8. The molecular weight excluding hydrogens is 272 g/mol. The van der Waals surface area contributed by atoms with Crippen molar-refractivity contribution in [1.82, 2.24) is 10.3 Å². The van der Waals surface area contributed by atoms with Gasteiger partial charge in [-0.15, -0.1) is 0 Å². The average Bonchev–Trinajstić information content (AvgIpc) is 2.51. The number of aromatic nitrogens is 1. The van der Waals surface area contributed by atoms with Crippen molar-refractivity contribution in [2.45, 2.75) is 18.2 Å². The number of amides is 1. The van der Waals surface area contributed by atoms with Crippen molar-refractivity contribution >= 4 is 16.7 Å². The highest BCUT2D eigenvalue weighted by atomic mass is 16.5. The molecule has 2 heterocycles. The Hall–Kier alpha value is -2.02. The lowest BCUT2D eigenvalue weighted by atomic mass is 10.0. The van der Waals surface area contributed by atoms with Crippen molar-refractivity contribution < 1.29 is 19.7 Å². The summed E-state index contributed by atoms with van der Waals surface area (Å²) in [7, 11) is 0. The Morgan fingerprint density at radius 1 is 1.24 bits per heavy atom. The number of rotatable bonds is 2. The number of aliphatic hydroxyl groups is 2. The number of nitrogens with zero attached hydrogens (tertiary/aromatic N) is 1. The molecule has 0 saturated carbocycles. The maximum Gasteiger partial charge on any atom is 0.270 e. The topological polar surface area (TPSA) is 91.7 Å². The number of hydrogen-bond acceptors (Lipinski definition) is 5. The van der Waals surface area contributed by atoms with Gasteiger partial charge in [-0.05, 0) is 11.5 Å². The first kappa shape index (κ1) is 13.9. The summed E-state index contributed by atoms with van der Waals surface area (Å²) in [6.07, 6.45) is -0.470. The molecule has 2 aromatic rings. The van der Waals surface area contributed by atoms with Gasteiger partial charge < -0.3 is 20.3 Å². The van der Waals surface area contributed by atoms with Gasteiger partial charge in [-0.1, -0.05) is 24.3 Å². The molecule has 0 radical (unpaired) electrons. The van der Waals surface area contributed by atoms with Gasteiger partial charge >= 0.3 is 0 Å². The zero-order valence-electron chi connectivity index (χ0n) is 11.3. The Morgan fingerprint density at radius 3 is 2.90 bits per heavy atom. The molecular formula is C15H16N2O4. The van der Waals surface area contributed by atoms with Gasteiger partial charge in [0.25, 0.3) is 5.91 Å². The number of hydrogen-bond donors (Lipinski definition) is 3. The van der Waals surface area contributed by atoms with Crippen LogP contribution in [0.25, 0.3) is 10.8 Å². The molecule has 0 bridgehead atoms. The summed E-state index contributed by atoms with van der Waals surface area (Å²) < 4.78 is 5.14. The Labute approximate surface area is 121 Å². The lowest BCUT2D eigenvalue weighted by Gasteiger charge is -2.32. The Morgan fingerprint density at radius 2 is 2.05 bits per heavy atom. The second kappa shape index (κ2) is 5.77. The fourth-order valence-electron chi connectivity index (χ4n) is 2.45. The molecule has 3 rings (SSSR count). The van der Waals surface area contributed by atoms with Gasteiger partial charge in [0.05, 0.1) is 19.3 Å². The summed E-state index contributed by atoms with van der Waals surface area (Å²) in [5.74, 6) is -0.395.